The molecule has 1 saturated carbocycles. The lowest BCUT2D eigenvalue weighted by atomic mass is 9.90. The quantitative estimate of drug-likeness (QED) is 0.308. The second-order valence-electron chi connectivity index (χ2n) is 10.3. The summed E-state index contributed by atoms with van der Waals surface area (Å²) in [6, 6.07) is 12.2. The van der Waals surface area contributed by atoms with Crippen LogP contribution in [0.4, 0.5) is 24.5 Å². The van der Waals surface area contributed by atoms with Gasteiger partial charge in [0.05, 0.1) is 35.4 Å². The fourth-order valence-electron chi connectivity index (χ4n) is 5.20. The van der Waals surface area contributed by atoms with Crippen LogP contribution in [0.5, 0.6) is 5.75 Å². The number of sulfonamides is 1. The summed E-state index contributed by atoms with van der Waals surface area (Å²) in [5.41, 5.74) is 2.03. The van der Waals surface area contributed by atoms with E-state index in [-0.39, 0.29) is 23.2 Å². The molecule has 0 saturated heterocycles. The minimum atomic E-state index is -4.42. The van der Waals surface area contributed by atoms with E-state index in [0.717, 1.165) is 31.4 Å². The van der Waals surface area contributed by atoms with E-state index in [9.17, 15) is 21.6 Å². The molecule has 0 spiro atoms. The van der Waals surface area contributed by atoms with Crippen molar-refractivity contribution in [1.29, 1.82) is 0 Å². The summed E-state index contributed by atoms with van der Waals surface area (Å²) in [5, 5.41) is 7.32. The van der Waals surface area contributed by atoms with Gasteiger partial charge < -0.3 is 24.8 Å². The number of aromatic nitrogens is 1. The molecule has 222 valence electrons. The summed E-state index contributed by atoms with van der Waals surface area (Å²) in [5.74, 6) is 6.09. The molecule has 1 aliphatic rings. The number of nitrogens with zero attached hydrogens (tertiary/aromatic N) is 2. The molecule has 1 heterocycles. The molecule has 2 aromatic carbocycles. The Morgan fingerprint density at radius 1 is 1.07 bits per heavy atom. The first kappa shape index (κ1) is 30.6. The molecule has 0 atom stereocenters. The van der Waals surface area contributed by atoms with Crippen LogP contribution in [0.2, 0.25) is 0 Å². The highest BCUT2D eigenvalue weighted by molar-refractivity contribution is 7.89. The molecule has 8 nitrogen and oxygen atoms in total. The molecule has 0 bridgehead atoms. The Kier molecular flexibility index (Phi) is 9.41. The van der Waals surface area contributed by atoms with Crippen LogP contribution in [0, 0.1) is 11.8 Å². The van der Waals surface area contributed by atoms with E-state index < -0.39 is 22.7 Å². The number of methoxy groups -OCH3 is 1. The van der Waals surface area contributed by atoms with E-state index in [1.807, 2.05) is 6.07 Å². The first-order chi connectivity index (χ1) is 19.4. The highest BCUT2D eigenvalue weighted by atomic mass is 32.2. The average molecular weight is 592 g/mol. The smallest absolute Gasteiger partial charge is 0.406 e. The predicted molar refractivity (Wildman–Crippen MR) is 156 cm³/mol. The van der Waals surface area contributed by atoms with Crippen LogP contribution in [0.15, 0.2) is 47.4 Å². The molecule has 1 aliphatic carbocycles. The van der Waals surface area contributed by atoms with E-state index in [2.05, 4.69) is 46.2 Å². The highest BCUT2D eigenvalue weighted by Gasteiger charge is 2.30. The monoisotopic (exact) mass is 591 g/mol. The van der Waals surface area contributed by atoms with Gasteiger partial charge in [-0.2, -0.15) is 13.2 Å². The fourth-order valence-corrected chi connectivity index (χ4v) is 5.94. The van der Waals surface area contributed by atoms with Crippen molar-refractivity contribution in [2.45, 2.75) is 55.4 Å². The first-order valence-electron chi connectivity index (χ1n) is 13.4. The third kappa shape index (κ3) is 7.47. The number of fused-ring (bicyclic) bond motifs is 1. The minimum Gasteiger partial charge on any atom is -0.495 e. The van der Waals surface area contributed by atoms with E-state index in [1.165, 1.54) is 30.9 Å². The SMILES string of the molecule is CNS(=O)(=O)c1ccc(NCC#Cc2cc3c(N[C@H]4CC[C@@H](N(C)C)CC4)cccc3n2CC(F)(F)F)c(OC)c1. The lowest BCUT2D eigenvalue weighted by Crippen LogP contribution is -2.36. The molecule has 1 fully saturated rings. The second-order valence-corrected chi connectivity index (χ2v) is 12.2. The molecule has 41 heavy (non-hydrogen) atoms. The van der Waals surface area contributed by atoms with Crippen LogP contribution in [-0.2, 0) is 16.6 Å². The van der Waals surface area contributed by atoms with Crippen LogP contribution in [0.25, 0.3) is 10.9 Å². The molecule has 3 N–H and O–H groups in total. The van der Waals surface area contributed by atoms with Crippen LogP contribution < -0.4 is 20.1 Å². The van der Waals surface area contributed by atoms with Crippen LogP contribution in [0.3, 0.4) is 0 Å². The summed E-state index contributed by atoms with van der Waals surface area (Å²) in [4.78, 5) is 2.29. The van der Waals surface area contributed by atoms with Gasteiger partial charge in [0.15, 0.2) is 0 Å². The number of halogens is 3. The number of hydrogen-bond acceptors (Lipinski definition) is 6. The summed E-state index contributed by atoms with van der Waals surface area (Å²) in [6.45, 7) is -1.05. The van der Waals surface area contributed by atoms with Crippen molar-refractivity contribution in [3.63, 3.8) is 0 Å². The van der Waals surface area contributed by atoms with Gasteiger partial charge in [0.25, 0.3) is 0 Å². The van der Waals surface area contributed by atoms with Gasteiger partial charge in [0.1, 0.15) is 12.3 Å². The van der Waals surface area contributed by atoms with Gasteiger partial charge in [0.2, 0.25) is 10.0 Å². The Morgan fingerprint density at radius 3 is 2.44 bits per heavy atom. The number of benzene rings is 2. The Bertz CT molecular complexity index is 1530. The molecule has 12 heteroatoms. The third-order valence-electron chi connectivity index (χ3n) is 7.41. The van der Waals surface area contributed by atoms with Gasteiger partial charge in [-0.25, -0.2) is 13.1 Å². The Morgan fingerprint density at radius 2 is 1.80 bits per heavy atom. The van der Waals surface area contributed by atoms with Crippen LogP contribution in [-0.4, -0.2) is 70.9 Å². The molecular formula is C29H36F3N5O3S. The number of alkyl halides is 3. The van der Waals surface area contributed by atoms with Crippen LogP contribution in [0.1, 0.15) is 31.4 Å². The molecular weight excluding hydrogens is 555 g/mol. The van der Waals surface area contributed by atoms with Crippen molar-refractivity contribution in [2.75, 3.05) is 45.4 Å². The van der Waals surface area contributed by atoms with E-state index >= 15 is 0 Å². The largest absolute Gasteiger partial charge is 0.495 e. The van der Waals surface area contributed by atoms with Crippen molar-refractivity contribution in [3.8, 4) is 17.6 Å². The van der Waals surface area contributed by atoms with Crippen molar-refractivity contribution in [3.05, 3.63) is 48.2 Å². The van der Waals surface area contributed by atoms with Crippen molar-refractivity contribution >= 4 is 32.3 Å². The molecule has 1 aromatic heterocycles. The number of anilines is 2. The Balaban J connectivity index is 1.56. The number of nitrogens with one attached hydrogen (secondary N) is 3. The van der Waals surface area contributed by atoms with Crippen molar-refractivity contribution in [1.82, 2.24) is 14.2 Å². The Hall–Kier alpha value is -3.40. The van der Waals surface area contributed by atoms with Gasteiger partial charge in [-0.3, -0.25) is 0 Å². The molecule has 0 amide bonds. The van der Waals surface area contributed by atoms with Crippen molar-refractivity contribution < 1.29 is 26.3 Å². The maximum Gasteiger partial charge on any atom is 0.406 e. The minimum absolute atomic E-state index is 0.0420. The zero-order valence-electron chi connectivity index (χ0n) is 23.6. The van der Waals surface area contributed by atoms with E-state index in [0.29, 0.717) is 28.4 Å². The predicted octanol–water partition coefficient (Wildman–Crippen LogP) is 4.87. The summed E-state index contributed by atoms with van der Waals surface area (Å²) in [6.07, 6.45) is -0.299. The molecule has 0 unspecified atom stereocenters. The third-order valence-corrected chi connectivity index (χ3v) is 8.82. The summed E-state index contributed by atoms with van der Waals surface area (Å²) < 4.78 is 73.6. The van der Waals surface area contributed by atoms with Crippen LogP contribution >= 0.6 is 0 Å². The lowest BCUT2D eigenvalue weighted by Gasteiger charge is -2.33. The van der Waals surface area contributed by atoms with E-state index in [4.69, 9.17) is 4.74 Å². The van der Waals surface area contributed by atoms with Gasteiger partial charge in [-0.05, 0) is 83.1 Å². The lowest BCUT2D eigenvalue weighted by molar-refractivity contribution is -0.140. The topological polar surface area (TPSA) is 87.6 Å². The maximum absolute atomic E-state index is 13.6. The zero-order valence-corrected chi connectivity index (χ0v) is 24.4. The standard InChI is InChI=1S/C29H36F3N5O3S/c1-33-41(38,39)23-14-15-26(28(18-23)40-4)34-16-6-7-22-17-24-25(35-20-10-12-21(13-11-20)36(2)3)8-5-9-27(24)37(22)19-29(30,31)32/h5,8-9,14-15,17-18,20-21,33-35H,10-13,16,19H2,1-4H3/t20-,21+. The van der Waals surface area contributed by atoms with Gasteiger partial charge in [0, 0.05) is 29.2 Å². The summed E-state index contributed by atoms with van der Waals surface area (Å²) >= 11 is 0. The molecule has 0 radical (unpaired) electrons. The summed E-state index contributed by atoms with van der Waals surface area (Å²) in [7, 11) is 3.26. The number of hydrogen-bond donors (Lipinski definition) is 3. The van der Waals surface area contributed by atoms with Crippen molar-refractivity contribution in [2.24, 2.45) is 0 Å². The maximum atomic E-state index is 13.6. The molecule has 0 aliphatic heterocycles. The van der Waals surface area contributed by atoms with Gasteiger partial charge >= 0.3 is 6.18 Å². The highest BCUT2D eigenvalue weighted by Crippen LogP contribution is 2.33. The number of ether oxygens (including phenoxy) is 1. The van der Waals surface area contributed by atoms with Gasteiger partial charge in [-0.15, -0.1) is 0 Å². The van der Waals surface area contributed by atoms with Gasteiger partial charge in [-0.1, -0.05) is 12.0 Å². The van der Waals surface area contributed by atoms with E-state index in [1.54, 1.807) is 24.3 Å². The first-order valence-corrected chi connectivity index (χ1v) is 14.9. The zero-order chi connectivity index (χ0) is 29.8. The Labute approximate surface area is 239 Å². The fraction of sp³-hybridized carbons (Fsp3) is 0.448. The average Bonchev–Trinajstić information content (AvgIpc) is 3.27. The number of rotatable bonds is 9. The molecule has 4 rings (SSSR count). The second kappa shape index (κ2) is 12.6. The normalized spacial score (nSPS) is 17.8. The molecule has 3 aromatic rings.